The highest BCUT2D eigenvalue weighted by molar-refractivity contribution is 5.94. The van der Waals surface area contributed by atoms with Gasteiger partial charge in [-0.3, -0.25) is 19.8 Å². The second kappa shape index (κ2) is 15.0. The Hall–Kier alpha value is -5.14. The molecule has 2 fully saturated rings. The molecule has 14 heteroatoms. The molecule has 5 rings (SSSR count). The first-order valence-corrected chi connectivity index (χ1v) is 16.0. The predicted octanol–water partition coefficient (Wildman–Crippen LogP) is 1.34. The number of fused-ring (bicyclic) bond motifs is 3. The molecular formula is C33H41N7O7. The van der Waals surface area contributed by atoms with E-state index in [2.05, 4.69) is 16.0 Å². The minimum Gasteiger partial charge on any atom is -0.480 e. The third kappa shape index (κ3) is 7.64. The van der Waals surface area contributed by atoms with Gasteiger partial charge in [-0.2, -0.15) is 0 Å². The van der Waals surface area contributed by atoms with Gasteiger partial charge in [-0.1, -0.05) is 48.5 Å². The van der Waals surface area contributed by atoms with Crippen molar-refractivity contribution in [2.75, 3.05) is 32.8 Å². The van der Waals surface area contributed by atoms with E-state index < -0.39 is 47.9 Å². The zero-order valence-corrected chi connectivity index (χ0v) is 26.1. The molecule has 2 saturated heterocycles. The first kappa shape index (κ1) is 33.2. The van der Waals surface area contributed by atoms with E-state index in [4.69, 9.17) is 15.9 Å². The molecule has 0 saturated carbocycles. The van der Waals surface area contributed by atoms with Crippen LogP contribution in [-0.2, 0) is 23.9 Å². The minimum absolute atomic E-state index is 0.0971. The lowest BCUT2D eigenvalue weighted by atomic mass is 9.98. The number of amides is 4. The van der Waals surface area contributed by atoms with Crippen molar-refractivity contribution >= 4 is 35.7 Å². The number of likely N-dealkylation sites (tertiary alicyclic amines) is 2. The highest BCUT2D eigenvalue weighted by Gasteiger charge is 2.40. The van der Waals surface area contributed by atoms with Crippen LogP contribution < -0.4 is 21.7 Å². The van der Waals surface area contributed by atoms with Crippen molar-refractivity contribution in [3.8, 4) is 11.1 Å². The standard InChI is InChI=1S/C33H41N7O7/c34-32(35)36-15-5-12-25(30(43)40-17-7-14-27(40)31(44)45)38-29(42)26-13-6-16-39(26)28(41)18-37-33(46)47-19-24-22-10-3-1-8-20(22)21-9-2-4-11-23(21)24/h1-4,8-11,24-27H,5-7,12-19H2,(H,37,46)(H,38,42)(H,44,45)(H4,34,35,36)/t25-,26-,27-/m0/s1. The van der Waals surface area contributed by atoms with E-state index in [1.54, 1.807) is 0 Å². The maximum Gasteiger partial charge on any atom is 0.407 e. The molecule has 2 heterocycles. The highest BCUT2D eigenvalue weighted by Crippen LogP contribution is 2.44. The Morgan fingerprint density at radius 1 is 0.915 bits per heavy atom. The van der Waals surface area contributed by atoms with E-state index in [9.17, 15) is 29.1 Å². The molecule has 0 aromatic heterocycles. The topological polar surface area (TPSA) is 207 Å². The van der Waals surface area contributed by atoms with Gasteiger partial charge in [-0.05, 0) is 60.8 Å². The summed E-state index contributed by atoms with van der Waals surface area (Å²) in [6.45, 7) is 0.585. The third-order valence-electron chi connectivity index (χ3n) is 9.02. The number of benzene rings is 2. The number of carbonyl (C=O) groups excluding carboxylic acids is 4. The molecule has 4 amide bonds. The van der Waals surface area contributed by atoms with Crippen molar-refractivity contribution in [3.05, 3.63) is 59.7 Å². The quantitative estimate of drug-likeness (QED) is 0.111. The van der Waals surface area contributed by atoms with Crippen molar-refractivity contribution in [2.24, 2.45) is 5.73 Å². The number of carboxylic acids is 1. The minimum atomic E-state index is -1.10. The van der Waals surface area contributed by atoms with E-state index >= 15 is 0 Å². The third-order valence-corrected chi connectivity index (χ3v) is 9.02. The number of hydrogen-bond donors (Lipinski definition) is 6. The van der Waals surface area contributed by atoms with Crippen LogP contribution in [0.25, 0.3) is 11.1 Å². The van der Waals surface area contributed by atoms with Gasteiger partial charge in [0.2, 0.25) is 17.7 Å². The number of rotatable bonds is 12. The molecule has 14 nitrogen and oxygen atoms in total. The Bertz CT molecular complexity index is 1490. The van der Waals surface area contributed by atoms with Crippen LogP contribution in [0.15, 0.2) is 48.5 Å². The van der Waals surface area contributed by atoms with Crippen LogP contribution in [0.4, 0.5) is 4.79 Å². The second-order valence-corrected chi connectivity index (χ2v) is 12.0. The van der Waals surface area contributed by atoms with Gasteiger partial charge in [0.1, 0.15) is 31.3 Å². The maximum atomic E-state index is 13.5. The normalized spacial score (nSPS) is 19.0. The summed E-state index contributed by atoms with van der Waals surface area (Å²) in [5.41, 5.74) is 9.68. The van der Waals surface area contributed by atoms with Gasteiger partial charge in [0.05, 0.1) is 0 Å². The van der Waals surface area contributed by atoms with E-state index in [1.165, 1.54) is 9.80 Å². The highest BCUT2D eigenvalue weighted by atomic mass is 16.5. The van der Waals surface area contributed by atoms with Gasteiger partial charge in [0, 0.05) is 25.6 Å². The van der Waals surface area contributed by atoms with Crippen molar-refractivity contribution in [2.45, 2.75) is 62.6 Å². The average molecular weight is 648 g/mol. The lowest BCUT2D eigenvalue weighted by molar-refractivity contribution is -0.149. The van der Waals surface area contributed by atoms with Crippen molar-refractivity contribution in [1.82, 2.24) is 25.8 Å². The average Bonchev–Trinajstić information content (AvgIpc) is 3.82. The van der Waals surface area contributed by atoms with Gasteiger partial charge < -0.3 is 41.3 Å². The molecule has 0 spiro atoms. The molecule has 250 valence electrons. The molecule has 3 atom stereocenters. The number of nitrogens with zero attached hydrogens (tertiary/aromatic N) is 2. The first-order valence-electron chi connectivity index (χ1n) is 16.0. The van der Waals surface area contributed by atoms with Crippen molar-refractivity contribution < 1.29 is 33.8 Å². The van der Waals surface area contributed by atoms with E-state index in [1.807, 2.05) is 48.5 Å². The Balaban J connectivity index is 1.15. The molecule has 2 aromatic rings. The number of guanidine groups is 1. The smallest absolute Gasteiger partial charge is 0.407 e. The molecule has 3 aliphatic rings. The predicted molar refractivity (Wildman–Crippen MR) is 171 cm³/mol. The summed E-state index contributed by atoms with van der Waals surface area (Å²) < 4.78 is 5.53. The summed E-state index contributed by atoms with van der Waals surface area (Å²) in [6, 6.07) is 13.1. The Labute approximate surface area is 272 Å². The van der Waals surface area contributed by atoms with Crippen LogP contribution in [0.2, 0.25) is 0 Å². The maximum absolute atomic E-state index is 13.5. The summed E-state index contributed by atoms with van der Waals surface area (Å²) >= 11 is 0. The van der Waals surface area contributed by atoms with Crippen molar-refractivity contribution in [1.29, 1.82) is 5.41 Å². The summed E-state index contributed by atoms with van der Waals surface area (Å²) in [6.07, 6.45) is 1.60. The van der Waals surface area contributed by atoms with Crippen LogP contribution in [0.5, 0.6) is 0 Å². The second-order valence-electron chi connectivity index (χ2n) is 12.0. The number of aliphatic carboxylic acids is 1. The van der Waals surface area contributed by atoms with E-state index in [-0.39, 0.29) is 44.5 Å². The molecule has 0 unspecified atom stereocenters. The molecule has 47 heavy (non-hydrogen) atoms. The number of nitrogens with two attached hydrogens (primary N) is 1. The summed E-state index contributed by atoms with van der Waals surface area (Å²) in [5, 5.41) is 24.8. The fourth-order valence-electron chi connectivity index (χ4n) is 6.78. The van der Waals surface area contributed by atoms with Crippen LogP contribution >= 0.6 is 0 Å². The number of carbonyl (C=O) groups is 5. The van der Waals surface area contributed by atoms with Crippen LogP contribution in [0, 0.1) is 5.41 Å². The molecule has 2 aromatic carbocycles. The molecular weight excluding hydrogens is 606 g/mol. The zero-order valence-electron chi connectivity index (χ0n) is 26.1. The van der Waals surface area contributed by atoms with Gasteiger partial charge >= 0.3 is 12.1 Å². The van der Waals surface area contributed by atoms with Gasteiger partial charge in [0.15, 0.2) is 5.96 Å². The first-order chi connectivity index (χ1) is 22.7. The van der Waals surface area contributed by atoms with Crippen molar-refractivity contribution in [3.63, 3.8) is 0 Å². The fourth-order valence-corrected chi connectivity index (χ4v) is 6.78. The van der Waals surface area contributed by atoms with E-state index in [0.717, 1.165) is 22.3 Å². The lowest BCUT2D eigenvalue weighted by Gasteiger charge is -2.30. The number of carboxylic acid groups (broad SMARTS) is 1. The summed E-state index contributed by atoms with van der Waals surface area (Å²) in [7, 11) is 0. The van der Waals surface area contributed by atoms with Crippen LogP contribution in [0.3, 0.4) is 0 Å². The fraction of sp³-hybridized carbons (Fsp3) is 0.455. The Morgan fingerprint density at radius 3 is 2.17 bits per heavy atom. The molecule has 1 aliphatic carbocycles. The lowest BCUT2D eigenvalue weighted by Crippen LogP contribution is -2.56. The Morgan fingerprint density at radius 2 is 1.53 bits per heavy atom. The number of hydrogen-bond acceptors (Lipinski definition) is 7. The zero-order chi connectivity index (χ0) is 33.5. The Kier molecular flexibility index (Phi) is 10.6. The van der Waals surface area contributed by atoms with Gasteiger partial charge in [-0.25, -0.2) is 9.59 Å². The SMILES string of the molecule is N=C(N)NCCC[C@H](NC(=O)[C@@H]1CCCN1C(=O)CNC(=O)OCC1c2ccccc2-c2ccccc21)C(=O)N1CCC[C@H]1C(=O)O. The monoisotopic (exact) mass is 647 g/mol. The number of nitrogens with one attached hydrogen (secondary N) is 4. The number of ether oxygens (including phenoxy) is 1. The summed E-state index contributed by atoms with van der Waals surface area (Å²) in [5.74, 6) is -2.95. The largest absolute Gasteiger partial charge is 0.480 e. The molecule has 7 N–H and O–H groups in total. The molecule has 0 radical (unpaired) electrons. The number of alkyl carbamates (subject to hydrolysis) is 1. The van der Waals surface area contributed by atoms with Gasteiger partial charge in [-0.15, -0.1) is 0 Å². The summed E-state index contributed by atoms with van der Waals surface area (Å²) in [4.78, 5) is 67.1. The van der Waals surface area contributed by atoms with E-state index in [0.29, 0.717) is 38.6 Å². The molecule has 0 bridgehead atoms. The van der Waals surface area contributed by atoms with Crippen LogP contribution in [0.1, 0.15) is 55.6 Å². The van der Waals surface area contributed by atoms with Crippen LogP contribution in [-0.4, -0.2) is 102 Å². The van der Waals surface area contributed by atoms with Gasteiger partial charge in [0.25, 0.3) is 0 Å². The molecule has 2 aliphatic heterocycles.